The van der Waals surface area contributed by atoms with Crippen LogP contribution in [-0.2, 0) is 12.8 Å². The van der Waals surface area contributed by atoms with Crippen molar-refractivity contribution in [2.75, 3.05) is 0 Å². The number of aromatic nitrogens is 3. The first-order chi connectivity index (χ1) is 15.8. The molecule has 5 rings (SSSR count). The Morgan fingerprint density at radius 1 is 0.719 bits per heavy atom. The van der Waals surface area contributed by atoms with Crippen LogP contribution in [0.1, 0.15) is 50.8 Å². The first-order valence-corrected chi connectivity index (χ1v) is 11.8. The standard InChI is InChI=1S/C28H29N3O/c1-3-5-12-21-20-13-7-8-15-24(20)28(32)31(26(21)17-6-4-2)30-25-18-10-9-14-22(25)23-16-11-19-29-27(23)30/h7-11,13-16,18-19H,3-6,12,17H2,1-2H3. The number of unbranched alkanes of at least 4 members (excludes halogenated alkanes) is 2. The van der Waals surface area contributed by atoms with Crippen LogP contribution in [0.4, 0.5) is 0 Å². The van der Waals surface area contributed by atoms with E-state index in [1.807, 2.05) is 47.3 Å². The van der Waals surface area contributed by atoms with E-state index >= 15 is 0 Å². The van der Waals surface area contributed by atoms with E-state index in [2.05, 4.69) is 42.8 Å². The van der Waals surface area contributed by atoms with Gasteiger partial charge in [0.25, 0.3) is 5.56 Å². The average molecular weight is 424 g/mol. The lowest BCUT2D eigenvalue weighted by atomic mass is 9.97. The molecule has 4 nitrogen and oxygen atoms in total. The fourth-order valence-electron chi connectivity index (χ4n) is 4.88. The summed E-state index contributed by atoms with van der Waals surface area (Å²) in [6.45, 7) is 4.43. The molecule has 0 unspecified atom stereocenters. The van der Waals surface area contributed by atoms with Gasteiger partial charge in [0.05, 0.1) is 5.52 Å². The van der Waals surface area contributed by atoms with E-state index in [1.165, 1.54) is 5.56 Å². The predicted molar refractivity (Wildman–Crippen MR) is 133 cm³/mol. The zero-order chi connectivity index (χ0) is 22.1. The Bertz CT molecular complexity index is 1420. The molecule has 0 aliphatic heterocycles. The third kappa shape index (κ3) is 3.22. The van der Waals surface area contributed by atoms with Gasteiger partial charge in [-0.1, -0.05) is 63.1 Å². The minimum atomic E-state index is 0.0280. The highest BCUT2D eigenvalue weighted by Crippen LogP contribution is 2.30. The normalized spacial score (nSPS) is 11.7. The number of para-hydroxylation sites is 1. The van der Waals surface area contributed by atoms with Crippen molar-refractivity contribution >= 4 is 32.7 Å². The number of benzene rings is 2. The van der Waals surface area contributed by atoms with Crippen LogP contribution in [0.15, 0.2) is 71.7 Å². The zero-order valence-electron chi connectivity index (χ0n) is 18.8. The van der Waals surface area contributed by atoms with E-state index in [0.29, 0.717) is 0 Å². The quantitative estimate of drug-likeness (QED) is 0.300. The Labute approximate surface area is 188 Å². The molecule has 0 atom stereocenters. The van der Waals surface area contributed by atoms with Crippen molar-refractivity contribution in [3.63, 3.8) is 0 Å². The number of hydrogen-bond donors (Lipinski definition) is 0. The van der Waals surface area contributed by atoms with E-state index in [-0.39, 0.29) is 5.56 Å². The molecule has 0 aliphatic rings. The lowest BCUT2D eigenvalue weighted by Gasteiger charge is -2.21. The number of nitrogens with zero attached hydrogens (tertiary/aromatic N) is 3. The first-order valence-electron chi connectivity index (χ1n) is 11.8. The molecule has 32 heavy (non-hydrogen) atoms. The number of hydrogen-bond acceptors (Lipinski definition) is 2. The molecule has 0 radical (unpaired) electrons. The molecule has 0 bridgehead atoms. The van der Waals surface area contributed by atoms with E-state index in [1.54, 1.807) is 0 Å². The number of fused-ring (bicyclic) bond motifs is 4. The SMILES string of the molecule is CCCCc1c(CCCC)n(-n2c3ccccc3c3cccnc32)c(=O)c2ccccc12. The van der Waals surface area contributed by atoms with Crippen LogP contribution in [0.2, 0.25) is 0 Å². The Kier molecular flexibility index (Phi) is 5.52. The van der Waals surface area contributed by atoms with Crippen LogP contribution in [0.25, 0.3) is 32.7 Å². The second-order valence-corrected chi connectivity index (χ2v) is 8.50. The van der Waals surface area contributed by atoms with Gasteiger partial charge in [0.2, 0.25) is 0 Å². The largest absolute Gasteiger partial charge is 0.277 e. The Morgan fingerprint density at radius 2 is 1.38 bits per heavy atom. The van der Waals surface area contributed by atoms with Crippen LogP contribution >= 0.6 is 0 Å². The van der Waals surface area contributed by atoms with Gasteiger partial charge in [0.1, 0.15) is 0 Å². The van der Waals surface area contributed by atoms with Gasteiger partial charge in [0, 0.05) is 28.0 Å². The minimum Gasteiger partial charge on any atom is -0.267 e. The van der Waals surface area contributed by atoms with Gasteiger partial charge >= 0.3 is 0 Å². The minimum absolute atomic E-state index is 0.0280. The molecule has 3 aromatic heterocycles. The van der Waals surface area contributed by atoms with Gasteiger partial charge in [-0.25, -0.2) is 14.3 Å². The lowest BCUT2D eigenvalue weighted by molar-refractivity contribution is 0.604. The smallest absolute Gasteiger partial charge is 0.267 e. The molecule has 0 saturated carbocycles. The van der Waals surface area contributed by atoms with Crippen molar-refractivity contribution in [3.05, 3.63) is 88.5 Å². The number of pyridine rings is 2. The molecular formula is C28H29N3O. The third-order valence-corrected chi connectivity index (χ3v) is 6.44. The number of rotatable bonds is 7. The topological polar surface area (TPSA) is 39.8 Å². The van der Waals surface area contributed by atoms with Crippen molar-refractivity contribution in [3.8, 4) is 0 Å². The molecule has 162 valence electrons. The summed E-state index contributed by atoms with van der Waals surface area (Å²) in [7, 11) is 0. The van der Waals surface area contributed by atoms with Crippen LogP contribution in [0.5, 0.6) is 0 Å². The molecule has 0 spiro atoms. The Morgan fingerprint density at radius 3 is 2.16 bits per heavy atom. The van der Waals surface area contributed by atoms with Crippen LogP contribution < -0.4 is 5.56 Å². The molecule has 2 aromatic carbocycles. The molecular weight excluding hydrogens is 394 g/mol. The van der Waals surface area contributed by atoms with E-state index in [4.69, 9.17) is 4.98 Å². The van der Waals surface area contributed by atoms with Crippen molar-refractivity contribution in [2.45, 2.75) is 52.4 Å². The van der Waals surface area contributed by atoms with Gasteiger partial charge in [-0.3, -0.25) is 4.79 Å². The molecule has 0 fully saturated rings. The molecule has 0 N–H and O–H groups in total. The Balaban J connectivity index is 1.97. The maximum absolute atomic E-state index is 14.0. The van der Waals surface area contributed by atoms with Gasteiger partial charge in [-0.2, -0.15) is 0 Å². The fourth-order valence-corrected chi connectivity index (χ4v) is 4.88. The summed E-state index contributed by atoms with van der Waals surface area (Å²) < 4.78 is 3.99. The molecule has 5 aromatic rings. The van der Waals surface area contributed by atoms with Gasteiger partial charge in [0.15, 0.2) is 5.65 Å². The Hall–Kier alpha value is -3.40. The highest BCUT2D eigenvalue weighted by molar-refractivity contribution is 6.06. The molecule has 4 heteroatoms. The lowest BCUT2D eigenvalue weighted by Crippen LogP contribution is -2.31. The summed E-state index contributed by atoms with van der Waals surface area (Å²) in [5.41, 5.74) is 4.29. The molecule has 3 heterocycles. The monoisotopic (exact) mass is 423 g/mol. The number of aryl methyl sites for hydroxylation is 1. The second-order valence-electron chi connectivity index (χ2n) is 8.50. The maximum Gasteiger partial charge on any atom is 0.277 e. The highest BCUT2D eigenvalue weighted by atomic mass is 16.1. The second kappa shape index (κ2) is 8.62. The molecule has 0 amide bonds. The summed E-state index contributed by atoms with van der Waals surface area (Å²) in [5.74, 6) is 0. The fraction of sp³-hybridized carbons (Fsp3) is 0.286. The van der Waals surface area contributed by atoms with Gasteiger partial charge < -0.3 is 0 Å². The van der Waals surface area contributed by atoms with Crippen molar-refractivity contribution in [1.29, 1.82) is 0 Å². The van der Waals surface area contributed by atoms with Crippen LogP contribution in [0.3, 0.4) is 0 Å². The van der Waals surface area contributed by atoms with Crippen molar-refractivity contribution < 1.29 is 0 Å². The van der Waals surface area contributed by atoms with Crippen molar-refractivity contribution in [1.82, 2.24) is 14.3 Å². The highest BCUT2D eigenvalue weighted by Gasteiger charge is 2.21. The summed E-state index contributed by atoms with van der Waals surface area (Å²) in [5, 5.41) is 4.06. The summed E-state index contributed by atoms with van der Waals surface area (Å²) >= 11 is 0. The van der Waals surface area contributed by atoms with E-state index in [9.17, 15) is 4.79 Å². The third-order valence-electron chi connectivity index (χ3n) is 6.44. The predicted octanol–water partition coefficient (Wildman–Crippen LogP) is 6.50. The summed E-state index contributed by atoms with van der Waals surface area (Å²) in [6.07, 6.45) is 8.01. The summed E-state index contributed by atoms with van der Waals surface area (Å²) in [4.78, 5) is 18.8. The molecule has 0 aliphatic carbocycles. The van der Waals surface area contributed by atoms with Gasteiger partial charge in [-0.15, -0.1) is 0 Å². The van der Waals surface area contributed by atoms with Gasteiger partial charge in [-0.05, 0) is 60.9 Å². The summed E-state index contributed by atoms with van der Waals surface area (Å²) in [6, 6.07) is 20.4. The van der Waals surface area contributed by atoms with Crippen LogP contribution in [0, 0.1) is 0 Å². The van der Waals surface area contributed by atoms with Crippen LogP contribution in [-0.4, -0.2) is 14.3 Å². The van der Waals surface area contributed by atoms with Crippen molar-refractivity contribution in [2.24, 2.45) is 0 Å². The van der Waals surface area contributed by atoms with E-state index in [0.717, 1.165) is 76.9 Å². The molecule has 0 saturated heterocycles. The average Bonchev–Trinajstić information content (AvgIpc) is 3.17. The zero-order valence-corrected chi connectivity index (χ0v) is 18.8. The van der Waals surface area contributed by atoms with E-state index < -0.39 is 0 Å². The maximum atomic E-state index is 14.0. The first kappa shape index (κ1) is 20.5.